The first kappa shape index (κ1) is 27.5. The minimum absolute atomic E-state index is 0.00680. The van der Waals surface area contributed by atoms with E-state index in [1.807, 2.05) is 0 Å². The monoisotopic (exact) mass is 498 g/mol. The average Bonchev–Trinajstić information content (AvgIpc) is 3.04. The van der Waals surface area contributed by atoms with Crippen LogP contribution in [0.1, 0.15) is 120 Å². The Morgan fingerprint density at radius 3 is 2.28 bits per heavy atom. The molecule has 4 aliphatic carbocycles. The van der Waals surface area contributed by atoms with Crippen LogP contribution in [0.15, 0.2) is 22.8 Å². The maximum absolute atomic E-state index is 12.5. The summed E-state index contributed by atoms with van der Waals surface area (Å²) < 4.78 is 5.84. The molecule has 2 saturated carbocycles. The molecular formula is C32H50O4. The number of rotatable bonds is 6. The lowest BCUT2D eigenvalue weighted by Crippen LogP contribution is -2.56. The van der Waals surface area contributed by atoms with Gasteiger partial charge in [0, 0.05) is 12.3 Å². The molecule has 36 heavy (non-hydrogen) atoms. The molecule has 7 atom stereocenters. The maximum Gasteiger partial charge on any atom is 0.306 e. The second-order valence-corrected chi connectivity index (χ2v) is 14.1. The number of allylic oxidation sites excluding steroid dienone is 4. The molecule has 0 aromatic rings. The van der Waals surface area contributed by atoms with Crippen LogP contribution in [0.3, 0.4) is 0 Å². The van der Waals surface area contributed by atoms with Crippen molar-refractivity contribution in [3.63, 3.8) is 0 Å². The first-order valence-corrected chi connectivity index (χ1v) is 14.4. The van der Waals surface area contributed by atoms with Crippen molar-refractivity contribution < 1.29 is 19.4 Å². The summed E-state index contributed by atoms with van der Waals surface area (Å²) in [5, 5.41) is 10.3. The molecule has 2 fully saturated rings. The molecule has 0 unspecified atom stereocenters. The molecule has 4 aliphatic rings. The van der Waals surface area contributed by atoms with E-state index in [0.29, 0.717) is 5.92 Å². The Hall–Kier alpha value is -1.58. The fraction of sp³-hybridized carbons (Fsp3) is 0.812. The number of hydrogen-bond acceptors (Lipinski definition) is 3. The van der Waals surface area contributed by atoms with Crippen LogP contribution in [0.4, 0.5) is 0 Å². The van der Waals surface area contributed by atoms with Crippen molar-refractivity contribution in [2.45, 2.75) is 126 Å². The van der Waals surface area contributed by atoms with E-state index in [1.165, 1.54) is 12.5 Å². The van der Waals surface area contributed by atoms with E-state index in [-0.39, 0.29) is 45.6 Å². The van der Waals surface area contributed by atoms with Gasteiger partial charge >= 0.3 is 11.9 Å². The first-order chi connectivity index (χ1) is 16.7. The Kier molecular flexibility index (Phi) is 7.10. The maximum atomic E-state index is 12.5. The number of hydrogen-bond donors (Lipinski definition) is 1. The van der Waals surface area contributed by atoms with Gasteiger partial charge in [-0.15, -0.1) is 0 Å². The van der Waals surface area contributed by atoms with E-state index in [4.69, 9.17) is 4.74 Å². The third kappa shape index (κ3) is 4.09. The Morgan fingerprint density at radius 2 is 1.67 bits per heavy atom. The number of carboxylic acid groups (broad SMARTS) is 1. The summed E-state index contributed by atoms with van der Waals surface area (Å²) in [6, 6.07) is 0. The van der Waals surface area contributed by atoms with Crippen LogP contribution in [0.2, 0.25) is 0 Å². The van der Waals surface area contributed by atoms with Crippen molar-refractivity contribution in [3.05, 3.63) is 22.8 Å². The van der Waals surface area contributed by atoms with E-state index in [9.17, 15) is 14.7 Å². The van der Waals surface area contributed by atoms with Gasteiger partial charge in [0.15, 0.2) is 0 Å². The highest BCUT2D eigenvalue weighted by atomic mass is 16.5. The number of aliphatic carboxylic acids is 1. The fourth-order valence-electron chi connectivity index (χ4n) is 9.81. The topological polar surface area (TPSA) is 63.6 Å². The van der Waals surface area contributed by atoms with Crippen LogP contribution in [0.5, 0.6) is 0 Å². The van der Waals surface area contributed by atoms with E-state index in [1.54, 1.807) is 11.1 Å². The van der Waals surface area contributed by atoms with Crippen molar-refractivity contribution >= 4 is 11.9 Å². The van der Waals surface area contributed by atoms with Crippen molar-refractivity contribution in [2.75, 3.05) is 0 Å². The summed E-state index contributed by atoms with van der Waals surface area (Å²) in [4.78, 5) is 24.3. The van der Waals surface area contributed by atoms with Crippen LogP contribution in [0, 0.1) is 39.4 Å². The molecule has 0 spiro atoms. The molecule has 0 aromatic carbocycles. The predicted octanol–water partition coefficient (Wildman–Crippen LogP) is 8.11. The number of ether oxygens (including phenoxy) is 1. The van der Waals surface area contributed by atoms with Gasteiger partial charge in [0.05, 0.1) is 5.92 Å². The number of carbonyl (C=O) groups is 2. The summed E-state index contributed by atoms with van der Waals surface area (Å²) in [5.74, 6) is -0.291. The molecule has 0 radical (unpaired) electrons. The molecule has 202 valence electrons. The van der Waals surface area contributed by atoms with E-state index < -0.39 is 5.97 Å². The van der Waals surface area contributed by atoms with Gasteiger partial charge in [0.2, 0.25) is 0 Å². The van der Waals surface area contributed by atoms with Gasteiger partial charge in [0.1, 0.15) is 6.10 Å². The van der Waals surface area contributed by atoms with Crippen molar-refractivity contribution in [3.8, 4) is 0 Å². The number of esters is 1. The highest BCUT2D eigenvalue weighted by Crippen LogP contribution is 2.72. The van der Waals surface area contributed by atoms with Gasteiger partial charge in [-0.2, -0.15) is 0 Å². The highest BCUT2D eigenvalue weighted by molar-refractivity contribution is 5.70. The molecular weight excluding hydrogens is 448 g/mol. The Labute approximate surface area is 219 Å². The zero-order valence-corrected chi connectivity index (χ0v) is 24.1. The van der Waals surface area contributed by atoms with Gasteiger partial charge in [0.25, 0.3) is 0 Å². The van der Waals surface area contributed by atoms with Crippen molar-refractivity contribution in [1.82, 2.24) is 0 Å². The summed E-state index contributed by atoms with van der Waals surface area (Å²) in [7, 11) is 0. The quantitative estimate of drug-likeness (QED) is 0.297. The van der Waals surface area contributed by atoms with Gasteiger partial charge in [-0.3, -0.25) is 9.59 Å². The number of fused-ring (bicyclic) bond motifs is 4. The van der Waals surface area contributed by atoms with Gasteiger partial charge in [-0.1, -0.05) is 57.4 Å². The largest absolute Gasteiger partial charge is 0.481 e. The Morgan fingerprint density at radius 1 is 0.972 bits per heavy atom. The molecule has 4 rings (SSSR count). The number of carboxylic acids is 1. The van der Waals surface area contributed by atoms with Crippen LogP contribution in [0.25, 0.3) is 0 Å². The minimum atomic E-state index is -0.603. The third-order valence-electron chi connectivity index (χ3n) is 11.9. The van der Waals surface area contributed by atoms with E-state index >= 15 is 0 Å². The predicted molar refractivity (Wildman–Crippen MR) is 144 cm³/mol. The highest BCUT2D eigenvalue weighted by Gasteiger charge is 2.64. The van der Waals surface area contributed by atoms with Gasteiger partial charge in [-0.25, -0.2) is 0 Å². The molecule has 0 bridgehead atoms. The number of carbonyl (C=O) groups excluding carboxylic acids is 1. The zero-order valence-electron chi connectivity index (χ0n) is 24.1. The van der Waals surface area contributed by atoms with Crippen LogP contribution >= 0.6 is 0 Å². The van der Waals surface area contributed by atoms with Crippen LogP contribution < -0.4 is 0 Å². The zero-order chi connectivity index (χ0) is 26.7. The second kappa shape index (κ2) is 9.31. The van der Waals surface area contributed by atoms with E-state index in [0.717, 1.165) is 64.2 Å². The first-order valence-electron chi connectivity index (χ1n) is 14.4. The second-order valence-electron chi connectivity index (χ2n) is 14.1. The molecule has 0 amide bonds. The SMILES string of the molecule is CC(=O)O[C@@H]1CC[C@]2(C)C3=C(CC[C@@H]2C1(C)C)[C@]1(C)CC[C@H]([C@@H](CCC=C(C)C)C(=O)O)[C@@]1(C)CC3. The standard InChI is InChI=1S/C32H50O4/c1-20(2)10-9-11-22(28(34)35)23-14-18-32(8)25-12-13-26-29(4,5)27(36-21(3)33)16-17-30(26,6)24(25)15-19-31(23,32)7/h10,22-23,26-27H,9,11-19H2,1-8H3,(H,34,35)/t22-,23-,26-,27-,30-,31-,32+/m1/s1. The lowest BCUT2D eigenvalue weighted by Gasteiger charge is -2.62. The lowest BCUT2D eigenvalue weighted by molar-refractivity contribution is -0.167. The summed E-state index contributed by atoms with van der Waals surface area (Å²) >= 11 is 0. The smallest absolute Gasteiger partial charge is 0.306 e. The fourth-order valence-corrected chi connectivity index (χ4v) is 9.81. The average molecular weight is 499 g/mol. The Balaban J connectivity index is 1.67. The minimum Gasteiger partial charge on any atom is -0.481 e. The van der Waals surface area contributed by atoms with Gasteiger partial charge < -0.3 is 9.84 Å². The summed E-state index contributed by atoms with van der Waals surface area (Å²) in [6.07, 6.45) is 12.4. The molecule has 0 aromatic heterocycles. The molecule has 1 N–H and O–H groups in total. The van der Waals surface area contributed by atoms with Crippen molar-refractivity contribution in [2.24, 2.45) is 39.4 Å². The van der Waals surface area contributed by atoms with E-state index in [2.05, 4.69) is 54.5 Å². The molecule has 0 heterocycles. The molecule has 0 saturated heterocycles. The molecule has 4 heteroatoms. The van der Waals surface area contributed by atoms with Crippen molar-refractivity contribution in [1.29, 1.82) is 0 Å². The third-order valence-corrected chi connectivity index (χ3v) is 11.9. The Bertz CT molecular complexity index is 969. The van der Waals surface area contributed by atoms with Crippen LogP contribution in [-0.2, 0) is 14.3 Å². The van der Waals surface area contributed by atoms with Gasteiger partial charge in [-0.05, 0) is 106 Å². The van der Waals surface area contributed by atoms with Crippen LogP contribution in [-0.4, -0.2) is 23.1 Å². The lowest BCUT2D eigenvalue weighted by atomic mass is 9.43. The molecule has 4 nitrogen and oxygen atoms in total. The summed E-state index contributed by atoms with van der Waals surface area (Å²) in [5.41, 5.74) is 4.85. The normalized spacial score (nSPS) is 39.9. The summed E-state index contributed by atoms with van der Waals surface area (Å²) in [6.45, 7) is 17.8. The molecule has 0 aliphatic heterocycles.